The first-order valence-corrected chi connectivity index (χ1v) is 20.9. The van der Waals surface area contributed by atoms with E-state index in [2.05, 4.69) is 72.5 Å². The molecule has 2 atom stereocenters. The monoisotopic (exact) mass is 636 g/mol. The normalized spacial score (nSPS) is 12.9. The molecule has 0 bridgehead atoms. The fraction of sp³-hybridized carbons (Fsp3) is 0.795. The molecule has 1 N–H and O–H groups in total. The maximum Gasteiger partial charge on any atom is 0.241 e. The van der Waals surface area contributed by atoms with Gasteiger partial charge in [0.1, 0.15) is 18.4 Å². The van der Waals surface area contributed by atoms with Gasteiger partial charge in [-0.15, -0.1) is 0 Å². The van der Waals surface area contributed by atoms with E-state index in [0.29, 0.717) is 12.0 Å². The van der Waals surface area contributed by atoms with E-state index >= 15 is 0 Å². The Hall–Kier alpha value is -1.57. The Balaban J connectivity index is 1.65. The maximum absolute atomic E-state index is 3.36. The number of hydrogen-bond donors (Lipinski definition) is 1. The van der Waals surface area contributed by atoms with Gasteiger partial charge in [0.25, 0.3) is 0 Å². The Morgan fingerprint density at radius 2 is 0.870 bits per heavy atom. The summed E-state index contributed by atoms with van der Waals surface area (Å²) in [7, 11) is 0. The maximum atomic E-state index is 3.36. The number of aromatic nitrogens is 2. The Morgan fingerprint density at radius 1 is 0.478 bits per heavy atom. The number of rotatable bonds is 34. The second-order valence-corrected chi connectivity index (χ2v) is 14.8. The van der Waals surface area contributed by atoms with Gasteiger partial charge in [0, 0.05) is 5.92 Å². The van der Waals surface area contributed by atoms with Gasteiger partial charge in [-0.25, -0.2) is 4.57 Å². The summed E-state index contributed by atoms with van der Waals surface area (Å²) in [4.78, 5) is 3.36. The van der Waals surface area contributed by atoms with Gasteiger partial charge in [-0.2, -0.15) is 0 Å². The van der Waals surface area contributed by atoms with E-state index in [9.17, 15) is 0 Å². The third kappa shape index (κ3) is 22.1. The molecule has 2 unspecified atom stereocenters. The standard InChI is InChI=1S/C44H78N2/c1-3-5-7-9-11-13-15-17-18-20-22-24-26-28-33-37-44(46-39-38-45-41-46)43(40-42-34-30-29-31-35-42)36-32-27-25-23-21-19-16-14-12-10-8-6-4-2/h29-31,34-35,38-39,41,43-44H,3-28,32-33,36-37,40H2,1-2H3/p+1. The fourth-order valence-electron chi connectivity index (χ4n) is 7.63. The SMILES string of the molecule is CCCCCCCCCCCCCCCCCC(C(CCCCCCCCCCCCCCC)Cc1ccccc1)[n+]1cc[nH]c1. The number of imidazole rings is 1. The highest BCUT2D eigenvalue weighted by molar-refractivity contribution is 5.15. The van der Waals surface area contributed by atoms with Gasteiger partial charge in [-0.05, 0) is 31.2 Å². The first kappa shape index (κ1) is 40.6. The molecule has 1 aromatic carbocycles. The van der Waals surface area contributed by atoms with Crippen molar-refractivity contribution in [3.8, 4) is 0 Å². The van der Waals surface area contributed by atoms with E-state index in [-0.39, 0.29) is 0 Å². The smallest absolute Gasteiger partial charge is 0.241 e. The number of aromatic amines is 1. The molecule has 2 nitrogen and oxygen atoms in total. The van der Waals surface area contributed by atoms with Crippen molar-refractivity contribution in [2.75, 3.05) is 0 Å². The molecule has 0 spiro atoms. The highest BCUT2D eigenvalue weighted by Crippen LogP contribution is 2.29. The lowest BCUT2D eigenvalue weighted by Crippen LogP contribution is -2.42. The van der Waals surface area contributed by atoms with E-state index in [1.54, 1.807) is 0 Å². The highest BCUT2D eigenvalue weighted by atomic mass is 15.1. The zero-order valence-corrected chi connectivity index (χ0v) is 31.1. The van der Waals surface area contributed by atoms with Crippen molar-refractivity contribution in [1.82, 2.24) is 4.98 Å². The van der Waals surface area contributed by atoms with Gasteiger partial charge in [-0.3, -0.25) is 4.98 Å². The molecule has 264 valence electrons. The number of nitrogens with one attached hydrogen (secondary N) is 1. The van der Waals surface area contributed by atoms with Crippen LogP contribution < -0.4 is 4.57 Å². The van der Waals surface area contributed by atoms with Crippen LogP contribution in [0.15, 0.2) is 49.1 Å². The van der Waals surface area contributed by atoms with Crippen molar-refractivity contribution in [3.63, 3.8) is 0 Å². The molecule has 0 aliphatic rings. The van der Waals surface area contributed by atoms with Crippen molar-refractivity contribution in [2.45, 2.75) is 219 Å². The minimum absolute atomic E-state index is 0.603. The Labute approximate surface area is 288 Å². The molecule has 2 aromatic rings. The van der Waals surface area contributed by atoms with Crippen molar-refractivity contribution in [2.24, 2.45) is 5.92 Å². The minimum atomic E-state index is 0.603. The predicted octanol–water partition coefficient (Wildman–Crippen LogP) is 14.4. The van der Waals surface area contributed by atoms with Crippen LogP contribution in [0, 0.1) is 5.92 Å². The molecule has 1 heterocycles. The van der Waals surface area contributed by atoms with Crippen LogP contribution in [0.5, 0.6) is 0 Å². The molecule has 0 amide bonds. The summed E-state index contributed by atoms with van der Waals surface area (Å²) in [6.07, 6.45) is 50.7. The highest BCUT2D eigenvalue weighted by Gasteiger charge is 2.26. The molecule has 1 aromatic heterocycles. The van der Waals surface area contributed by atoms with E-state index in [1.165, 1.54) is 205 Å². The van der Waals surface area contributed by atoms with Crippen LogP contribution in [-0.4, -0.2) is 4.98 Å². The summed E-state index contributed by atoms with van der Waals surface area (Å²) in [5, 5.41) is 0. The lowest BCUT2D eigenvalue weighted by atomic mass is 9.84. The molecule has 0 aliphatic heterocycles. The largest absolute Gasteiger partial charge is 0.250 e. The van der Waals surface area contributed by atoms with Gasteiger partial charge >= 0.3 is 0 Å². The average molecular weight is 636 g/mol. The zero-order valence-electron chi connectivity index (χ0n) is 31.1. The molecular weight excluding hydrogens is 556 g/mol. The molecular formula is C44H79N2+. The third-order valence-electron chi connectivity index (χ3n) is 10.6. The van der Waals surface area contributed by atoms with E-state index < -0.39 is 0 Å². The van der Waals surface area contributed by atoms with Gasteiger partial charge in [0.15, 0.2) is 0 Å². The lowest BCUT2D eigenvalue weighted by molar-refractivity contribution is -0.730. The van der Waals surface area contributed by atoms with E-state index in [1.807, 2.05) is 0 Å². The second kappa shape index (κ2) is 30.7. The van der Waals surface area contributed by atoms with Gasteiger partial charge in [0.05, 0.1) is 0 Å². The van der Waals surface area contributed by atoms with Gasteiger partial charge < -0.3 is 0 Å². The lowest BCUT2D eigenvalue weighted by Gasteiger charge is -2.25. The minimum Gasteiger partial charge on any atom is -0.250 e. The van der Waals surface area contributed by atoms with Gasteiger partial charge in [0.2, 0.25) is 6.33 Å². The first-order chi connectivity index (χ1) is 22.8. The Bertz CT molecular complexity index is 844. The topological polar surface area (TPSA) is 19.7 Å². The Morgan fingerprint density at radius 3 is 1.26 bits per heavy atom. The van der Waals surface area contributed by atoms with Crippen molar-refractivity contribution in [1.29, 1.82) is 0 Å². The third-order valence-corrected chi connectivity index (χ3v) is 10.6. The molecule has 0 fully saturated rings. The number of unbranched alkanes of at least 4 members (excludes halogenated alkanes) is 26. The summed E-state index contributed by atoms with van der Waals surface area (Å²) in [6, 6.07) is 11.9. The van der Waals surface area contributed by atoms with Crippen LogP contribution in [0.1, 0.15) is 218 Å². The van der Waals surface area contributed by atoms with Crippen LogP contribution in [0.4, 0.5) is 0 Å². The number of benzene rings is 1. The molecule has 2 heteroatoms. The van der Waals surface area contributed by atoms with Crippen molar-refractivity contribution >= 4 is 0 Å². The molecule has 0 saturated heterocycles. The van der Waals surface area contributed by atoms with Crippen LogP contribution in [0.25, 0.3) is 0 Å². The van der Waals surface area contributed by atoms with Crippen LogP contribution >= 0.6 is 0 Å². The summed E-state index contributed by atoms with van der Waals surface area (Å²) in [5.41, 5.74) is 1.51. The van der Waals surface area contributed by atoms with Crippen LogP contribution in [0.3, 0.4) is 0 Å². The van der Waals surface area contributed by atoms with Gasteiger partial charge in [-0.1, -0.05) is 218 Å². The molecule has 46 heavy (non-hydrogen) atoms. The van der Waals surface area contributed by atoms with Crippen molar-refractivity contribution < 1.29 is 4.57 Å². The summed E-state index contributed by atoms with van der Waals surface area (Å²) >= 11 is 0. The second-order valence-electron chi connectivity index (χ2n) is 14.8. The predicted molar refractivity (Wildman–Crippen MR) is 204 cm³/mol. The number of nitrogens with zero attached hydrogens (tertiary/aromatic N) is 1. The number of H-pyrrole nitrogens is 1. The first-order valence-electron chi connectivity index (χ1n) is 20.9. The fourth-order valence-corrected chi connectivity index (χ4v) is 7.63. The molecule has 0 saturated carbocycles. The number of hydrogen-bond acceptors (Lipinski definition) is 0. The summed E-state index contributed by atoms with van der Waals surface area (Å²) < 4.78 is 2.51. The molecule has 0 radical (unpaired) electrons. The average Bonchev–Trinajstić information content (AvgIpc) is 3.62. The summed E-state index contributed by atoms with van der Waals surface area (Å²) in [6.45, 7) is 4.62. The van der Waals surface area contributed by atoms with E-state index in [0.717, 1.165) is 0 Å². The summed E-state index contributed by atoms with van der Waals surface area (Å²) in [5.74, 6) is 0.711. The van der Waals surface area contributed by atoms with E-state index in [4.69, 9.17) is 0 Å². The Kier molecular flexibility index (Phi) is 27.1. The zero-order chi connectivity index (χ0) is 32.6. The quantitative estimate of drug-likeness (QED) is 0.0583. The molecule has 0 aliphatic carbocycles. The molecule has 2 rings (SSSR count). The van der Waals surface area contributed by atoms with Crippen molar-refractivity contribution in [3.05, 3.63) is 54.6 Å². The van der Waals surface area contributed by atoms with Crippen LogP contribution in [0.2, 0.25) is 0 Å². The van der Waals surface area contributed by atoms with Crippen LogP contribution in [-0.2, 0) is 6.42 Å².